The van der Waals surface area contributed by atoms with Gasteiger partial charge >= 0.3 is 0 Å². The van der Waals surface area contributed by atoms with Crippen molar-refractivity contribution in [1.29, 1.82) is 0 Å². The number of methoxy groups -OCH3 is 1. The van der Waals surface area contributed by atoms with Gasteiger partial charge in [-0.15, -0.1) is 0 Å². The first-order valence-corrected chi connectivity index (χ1v) is 10.9. The summed E-state index contributed by atoms with van der Waals surface area (Å²) in [6.45, 7) is 0.821. The second kappa shape index (κ2) is 9.67. The lowest BCUT2D eigenvalue weighted by Crippen LogP contribution is -2.40. The van der Waals surface area contributed by atoms with Gasteiger partial charge in [-0.05, 0) is 49.2 Å². The van der Waals surface area contributed by atoms with Crippen LogP contribution in [0.4, 0.5) is 18.9 Å². The predicted octanol–water partition coefficient (Wildman–Crippen LogP) is 3.48. The number of carbonyl (C=O) groups is 1. The number of anilines is 1. The summed E-state index contributed by atoms with van der Waals surface area (Å²) >= 11 is 0. The lowest BCUT2D eigenvalue weighted by atomic mass is 10.1. The van der Waals surface area contributed by atoms with Gasteiger partial charge in [-0.2, -0.15) is 0 Å². The molecular weight excluding hydrogens is 437 g/mol. The zero-order chi connectivity index (χ0) is 22.6. The molecule has 0 radical (unpaired) electrons. The fourth-order valence-electron chi connectivity index (χ4n) is 3.14. The Morgan fingerprint density at radius 3 is 2.65 bits per heavy atom. The second-order valence-corrected chi connectivity index (χ2v) is 8.60. The maximum Gasteiger partial charge on any atom is 0.266 e. The molecular formula is C20H21F3N2O5S. The van der Waals surface area contributed by atoms with Crippen molar-refractivity contribution in [1.82, 2.24) is 4.72 Å². The third-order valence-corrected chi connectivity index (χ3v) is 6.22. The van der Waals surface area contributed by atoms with Crippen molar-refractivity contribution >= 4 is 21.6 Å². The highest BCUT2D eigenvalue weighted by Gasteiger charge is 2.25. The highest BCUT2D eigenvalue weighted by atomic mass is 32.2. The zero-order valence-electron chi connectivity index (χ0n) is 16.5. The number of sulfonamides is 1. The van der Waals surface area contributed by atoms with Crippen molar-refractivity contribution in [3.05, 3.63) is 53.3 Å². The van der Waals surface area contributed by atoms with Gasteiger partial charge in [0.25, 0.3) is 12.3 Å². The van der Waals surface area contributed by atoms with E-state index in [4.69, 9.17) is 9.47 Å². The summed E-state index contributed by atoms with van der Waals surface area (Å²) < 4.78 is 77.7. The van der Waals surface area contributed by atoms with Crippen LogP contribution in [-0.4, -0.2) is 40.7 Å². The van der Waals surface area contributed by atoms with Crippen LogP contribution in [-0.2, 0) is 14.8 Å². The van der Waals surface area contributed by atoms with E-state index >= 15 is 0 Å². The van der Waals surface area contributed by atoms with E-state index in [0.717, 1.165) is 30.7 Å². The standard InChI is InChI=1S/C20H21F3N2O5S/c1-29-18-7-5-14(31(27,28)25-13-3-2-8-30-11-13)10-16(18)20(26)24-12-4-6-17(21)15(9-12)19(22)23/h4-7,9-10,13,19,25H,2-3,8,11H2,1H3,(H,24,26)/t13-/m0/s1. The van der Waals surface area contributed by atoms with E-state index in [2.05, 4.69) is 10.0 Å². The Morgan fingerprint density at radius 2 is 2.00 bits per heavy atom. The van der Waals surface area contributed by atoms with Gasteiger partial charge in [0.05, 0.1) is 29.7 Å². The SMILES string of the molecule is COc1ccc(S(=O)(=O)N[C@H]2CCCOC2)cc1C(=O)Nc1ccc(F)c(C(F)F)c1. The van der Waals surface area contributed by atoms with Gasteiger partial charge in [-0.25, -0.2) is 26.3 Å². The molecule has 2 aromatic rings. The summed E-state index contributed by atoms with van der Waals surface area (Å²) in [7, 11) is -2.66. The Labute approximate surface area is 177 Å². The van der Waals surface area contributed by atoms with Gasteiger partial charge in [0.15, 0.2) is 0 Å². The van der Waals surface area contributed by atoms with E-state index in [-0.39, 0.29) is 34.5 Å². The molecule has 2 aromatic carbocycles. The van der Waals surface area contributed by atoms with Crippen LogP contribution in [0.3, 0.4) is 0 Å². The number of hydrogen-bond donors (Lipinski definition) is 2. The maximum atomic E-state index is 13.5. The number of amides is 1. The van der Waals surface area contributed by atoms with Crippen LogP contribution >= 0.6 is 0 Å². The minimum Gasteiger partial charge on any atom is -0.496 e. The number of ether oxygens (including phenoxy) is 2. The molecule has 0 aromatic heterocycles. The Hall–Kier alpha value is -2.63. The molecule has 0 bridgehead atoms. The topological polar surface area (TPSA) is 93.7 Å². The quantitative estimate of drug-likeness (QED) is 0.663. The van der Waals surface area contributed by atoms with E-state index in [9.17, 15) is 26.4 Å². The summed E-state index contributed by atoms with van der Waals surface area (Å²) in [6, 6.07) is 6.09. The molecule has 1 amide bonds. The largest absolute Gasteiger partial charge is 0.496 e. The number of alkyl halides is 2. The first-order valence-electron chi connectivity index (χ1n) is 9.38. The zero-order valence-corrected chi connectivity index (χ0v) is 17.3. The lowest BCUT2D eigenvalue weighted by molar-refractivity contribution is 0.0774. The average molecular weight is 458 g/mol. The Morgan fingerprint density at radius 1 is 1.23 bits per heavy atom. The van der Waals surface area contributed by atoms with Gasteiger partial charge < -0.3 is 14.8 Å². The fourth-order valence-corrected chi connectivity index (χ4v) is 4.42. The predicted molar refractivity (Wildman–Crippen MR) is 106 cm³/mol. The summed E-state index contributed by atoms with van der Waals surface area (Å²) in [5, 5.41) is 2.36. The van der Waals surface area contributed by atoms with E-state index < -0.39 is 33.7 Å². The number of carbonyl (C=O) groups excluding carboxylic acids is 1. The van der Waals surface area contributed by atoms with Crippen molar-refractivity contribution in [2.75, 3.05) is 25.6 Å². The molecule has 11 heteroatoms. The summed E-state index contributed by atoms with van der Waals surface area (Å²) in [6.07, 6.45) is -1.71. The minimum atomic E-state index is -3.95. The van der Waals surface area contributed by atoms with Crippen molar-refractivity contribution in [2.45, 2.75) is 30.2 Å². The highest BCUT2D eigenvalue weighted by Crippen LogP contribution is 2.27. The number of nitrogens with one attached hydrogen (secondary N) is 2. The average Bonchev–Trinajstić information content (AvgIpc) is 2.74. The van der Waals surface area contributed by atoms with Crippen LogP contribution in [0.25, 0.3) is 0 Å². The van der Waals surface area contributed by atoms with Gasteiger partial charge in [-0.3, -0.25) is 4.79 Å². The molecule has 7 nitrogen and oxygen atoms in total. The first-order chi connectivity index (χ1) is 14.7. The van der Waals surface area contributed by atoms with Gasteiger partial charge in [0, 0.05) is 18.3 Å². The molecule has 1 heterocycles. The van der Waals surface area contributed by atoms with Crippen molar-refractivity contribution < 1.29 is 35.9 Å². The maximum absolute atomic E-state index is 13.5. The molecule has 1 saturated heterocycles. The summed E-state index contributed by atoms with van der Waals surface area (Å²) in [5.74, 6) is -1.83. The van der Waals surface area contributed by atoms with E-state index in [1.54, 1.807) is 0 Å². The monoisotopic (exact) mass is 458 g/mol. The highest BCUT2D eigenvalue weighted by molar-refractivity contribution is 7.89. The second-order valence-electron chi connectivity index (χ2n) is 6.89. The van der Waals surface area contributed by atoms with E-state index in [0.29, 0.717) is 13.0 Å². The molecule has 0 spiro atoms. The molecule has 2 N–H and O–H groups in total. The number of benzene rings is 2. The summed E-state index contributed by atoms with van der Waals surface area (Å²) in [4.78, 5) is 12.6. The molecule has 0 unspecified atom stereocenters. The molecule has 1 fully saturated rings. The Balaban J connectivity index is 1.86. The van der Waals surface area contributed by atoms with Crippen LogP contribution in [0.5, 0.6) is 5.75 Å². The lowest BCUT2D eigenvalue weighted by Gasteiger charge is -2.23. The molecule has 3 rings (SSSR count). The van der Waals surface area contributed by atoms with Crippen molar-refractivity contribution in [3.8, 4) is 5.75 Å². The van der Waals surface area contributed by atoms with E-state index in [1.807, 2.05) is 0 Å². The van der Waals surface area contributed by atoms with Crippen LogP contribution in [0.1, 0.15) is 35.2 Å². The molecule has 168 valence electrons. The first kappa shape index (κ1) is 23.0. The van der Waals surface area contributed by atoms with Crippen LogP contribution in [0, 0.1) is 5.82 Å². The smallest absolute Gasteiger partial charge is 0.266 e. The van der Waals surface area contributed by atoms with Gasteiger partial charge in [-0.1, -0.05) is 0 Å². The molecule has 0 aliphatic carbocycles. The van der Waals surface area contributed by atoms with Gasteiger partial charge in [0.2, 0.25) is 10.0 Å². The van der Waals surface area contributed by atoms with Crippen molar-refractivity contribution in [2.24, 2.45) is 0 Å². The summed E-state index contributed by atoms with van der Waals surface area (Å²) in [5.41, 5.74) is -1.07. The normalized spacial score (nSPS) is 16.9. The molecule has 1 atom stereocenters. The Kier molecular flexibility index (Phi) is 7.19. The third-order valence-electron chi connectivity index (χ3n) is 4.70. The molecule has 31 heavy (non-hydrogen) atoms. The van der Waals surface area contributed by atoms with Crippen molar-refractivity contribution in [3.63, 3.8) is 0 Å². The van der Waals surface area contributed by atoms with Gasteiger partial charge in [0.1, 0.15) is 11.6 Å². The Bertz CT molecular complexity index is 1060. The third kappa shape index (κ3) is 5.54. The van der Waals surface area contributed by atoms with E-state index in [1.165, 1.54) is 19.2 Å². The number of hydrogen-bond acceptors (Lipinski definition) is 5. The minimum absolute atomic E-state index is 0.0745. The van der Waals surface area contributed by atoms with Crippen LogP contribution in [0.15, 0.2) is 41.3 Å². The van der Waals surface area contributed by atoms with Crippen LogP contribution in [0.2, 0.25) is 0 Å². The fraction of sp³-hybridized carbons (Fsp3) is 0.350. The molecule has 0 saturated carbocycles. The molecule has 1 aliphatic heterocycles. The molecule has 1 aliphatic rings. The number of halogens is 3. The van der Waals surface area contributed by atoms with Crippen LogP contribution < -0.4 is 14.8 Å². The number of rotatable bonds is 7.